The van der Waals surface area contributed by atoms with Crippen LogP contribution in [0.1, 0.15) is 43.5 Å². The van der Waals surface area contributed by atoms with E-state index in [4.69, 9.17) is 0 Å². The first-order chi connectivity index (χ1) is 12.4. The maximum Gasteiger partial charge on any atom is 0.253 e. The minimum atomic E-state index is -3.30. The molecule has 0 radical (unpaired) electrons. The molecule has 2 rings (SSSR count). The van der Waals surface area contributed by atoms with E-state index in [2.05, 4.69) is 10.6 Å². The standard InChI is InChI=1S/C18H27N3O4S/c1-3-11-19-18(23)15-9-5-6-10-16(15)20-17(22)14-8-7-12-21(13-14)26(24,25)4-2/h5-6,9-10,14H,3-4,7-8,11-13H2,1-2H3,(H,19,23)(H,20,22)/t14-/m1/s1. The zero-order valence-corrected chi connectivity index (χ0v) is 16.1. The van der Waals surface area contributed by atoms with E-state index in [9.17, 15) is 18.0 Å². The Labute approximate surface area is 155 Å². The van der Waals surface area contributed by atoms with Crippen molar-refractivity contribution in [1.29, 1.82) is 0 Å². The molecule has 0 aromatic heterocycles. The molecule has 26 heavy (non-hydrogen) atoms. The molecule has 0 bridgehead atoms. The summed E-state index contributed by atoms with van der Waals surface area (Å²) in [5.41, 5.74) is 0.852. The van der Waals surface area contributed by atoms with Gasteiger partial charge in [-0.05, 0) is 38.3 Å². The van der Waals surface area contributed by atoms with Crippen molar-refractivity contribution < 1.29 is 18.0 Å². The van der Waals surface area contributed by atoms with Crippen LogP contribution in [0.15, 0.2) is 24.3 Å². The largest absolute Gasteiger partial charge is 0.352 e. The Morgan fingerprint density at radius 3 is 2.65 bits per heavy atom. The van der Waals surface area contributed by atoms with Gasteiger partial charge in [0.15, 0.2) is 0 Å². The molecule has 144 valence electrons. The lowest BCUT2D eigenvalue weighted by atomic mass is 9.98. The van der Waals surface area contributed by atoms with Gasteiger partial charge in [0.2, 0.25) is 15.9 Å². The summed E-state index contributed by atoms with van der Waals surface area (Å²) >= 11 is 0. The van der Waals surface area contributed by atoms with E-state index in [0.29, 0.717) is 37.2 Å². The zero-order chi connectivity index (χ0) is 19.2. The Kier molecular flexibility index (Phi) is 7.16. The molecule has 1 aliphatic heterocycles. The van der Waals surface area contributed by atoms with Crippen LogP contribution in [0.25, 0.3) is 0 Å². The van der Waals surface area contributed by atoms with Crippen LogP contribution in [0, 0.1) is 5.92 Å². The average Bonchev–Trinajstić information content (AvgIpc) is 2.66. The predicted octanol–water partition coefficient (Wildman–Crippen LogP) is 1.83. The molecule has 7 nitrogen and oxygen atoms in total. The lowest BCUT2D eigenvalue weighted by Crippen LogP contribution is -2.44. The highest BCUT2D eigenvalue weighted by Gasteiger charge is 2.31. The van der Waals surface area contributed by atoms with Gasteiger partial charge in [-0.1, -0.05) is 19.1 Å². The Morgan fingerprint density at radius 1 is 1.23 bits per heavy atom. The molecule has 1 saturated heterocycles. The minimum absolute atomic E-state index is 0.0295. The maximum atomic E-state index is 12.7. The molecule has 2 N–H and O–H groups in total. The minimum Gasteiger partial charge on any atom is -0.352 e. The van der Waals surface area contributed by atoms with Crippen molar-refractivity contribution in [2.75, 3.05) is 30.7 Å². The first-order valence-corrected chi connectivity index (χ1v) is 10.7. The second-order valence-corrected chi connectivity index (χ2v) is 8.65. The van der Waals surface area contributed by atoms with Crippen LogP contribution in [0.5, 0.6) is 0 Å². The van der Waals surface area contributed by atoms with Gasteiger partial charge < -0.3 is 10.6 Å². The maximum absolute atomic E-state index is 12.7. The highest BCUT2D eigenvalue weighted by atomic mass is 32.2. The first-order valence-electron chi connectivity index (χ1n) is 9.05. The lowest BCUT2D eigenvalue weighted by Gasteiger charge is -2.31. The van der Waals surface area contributed by atoms with E-state index in [0.717, 1.165) is 6.42 Å². The number of piperidine rings is 1. The molecule has 1 aliphatic rings. The molecule has 1 atom stereocenters. The van der Waals surface area contributed by atoms with Crippen LogP contribution in [0.2, 0.25) is 0 Å². The molecule has 0 saturated carbocycles. The molecule has 1 heterocycles. The van der Waals surface area contributed by atoms with Crippen LogP contribution in [-0.4, -0.2) is 49.9 Å². The van der Waals surface area contributed by atoms with Crippen LogP contribution in [0.3, 0.4) is 0 Å². The second kappa shape index (κ2) is 9.14. The van der Waals surface area contributed by atoms with Gasteiger partial charge in [0, 0.05) is 19.6 Å². The third-order valence-corrected chi connectivity index (χ3v) is 6.33. The number of hydrogen-bond donors (Lipinski definition) is 2. The van der Waals surface area contributed by atoms with Crippen LogP contribution < -0.4 is 10.6 Å². The molecule has 0 aliphatic carbocycles. The van der Waals surface area contributed by atoms with Crippen molar-refractivity contribution in [2.45, 2.75) is 33.1 Å². The van der Waals surface area contributed by atoms with Crippen molar-refractivity contribution in [3.63, 3.8) is 0 Å². The van der Waals surface area contributed by atoms with E-state index >= 15 is 0 Å². The number of nitrogens with zero attached hydrogens (tertiary/aromatic N) is 1. The Morgan fingerprint density at radius 2 is 1.96 bits per heavy atom. The van der Waals surface area contributed by atoms with Gasteiger partial charge in [-0.25, -0.2) is 12.7 Å². The number of carbonyl (C=O) groups is 2. The van der Waals surface area contributed by atoms with Gasteiger partial charge in [0.25, 0.3) is 5.91 Å². The summed E-state index contributed by atoms with van der Waals surface area (Å²) in [7, 11) is -3.30. The van der Waals surface area contributed by atoms with Crippen molar-refractivity contribution in [2.24, 2.45) is 5.92 Å². The first kappa shape index (κ1) is 20.4. The fourth-order valence-electron chi connectivity index (χ4n) is 2.95. The monoisotopic (exact) mass is 381 g/mol. The summed E-state index contributed by atoms with van der Waals surface area (Å²) in [6, 6.07) is 6.84. The van der Waals surface area contributed by atoms with E-state index < -0.39 is 15.9 Å². The predicted molar refractivity (Wildman–Crippen MR) is 101 cm³/mol. The Balaban J connectivity index is 2.09. The fourth-order valence-corrected chi connectivity index (χ4v) is 4.13. The van der Waals surface area contributed by atoms with Gasteiger partial charge in [-0.15, -0.1) is 0 Å². The summed E-state index contributed by atoms with van der Waals surface area (Å²) in [6.45, 7) is 4.77. The smallest absolute Gasteiger partial charge is 0.253 e. The van der Waals surface area contributed by atoms with E-state index in [1.807, 2.05) is 6.92 Å². The topological polar surface area (TPSA) is 95.6 Å². The van der Waals surface area contributed by atoms with Crippen molar-refractivity contribution in [1.82, 2.24) is 9.62 Å². The Hall–Kier alpha value is -1.93. The summed E-state index contributed by atoms with van der Waals surface area (Å²) in [4.78, 5) is 24.9. The van der Waals surface area contributed by atoms with Gasteiger partial charge in [0.1, 0.15) is 0 Å². The molecular formula is C18H27N3O4S. The average molecular weight is 381 g/mol. The number of benzene rings is 1. The summed E-state index contributed by atoms with van der Waals surface area (Å²) in [5.74, 6) is -0.878. The van der Waals surface area contributed by atoms with Crippen LogP contribution in [-0.2, 0) is 14.8 Å². The highest BCUT2D eigenvalue weighted by Crippen LogP contribution is 2.22. The number of hydrogen-bond acceptors (Lipinski definition) is 4. The third kappa shape index (κ3) is 5.04. The Bertz CT molecular complexity index is 749. The van der Waals surface area contributed by atoms with Crippen LogP contribution in [0.4, 0.5) is 5.69 Å². The molecule has 1 fully saturated rings. The highest BCUT2D eigenvalue weighted by molar-refractivity contribution is 7.89. The molecular weight excluding hydrogens is 354 g/mol. The van der Waals surface area contributed by atoms with Gasteiger partial charge >= 0.3 is 0 Å². The fraction of sp³-hybridized carbons (Fsp3) is 0.556. The number of sulfonamides is 1. The summed E-state index contributed by atoms with van der Waals surface area (Å²) < 4.78 is 25.5. The molecule has 2 amide bonds. The number of nitrogens with one attached hydrogen (secondary N) is 2. The van der Waals surface area contributed by atoms with Crippen molar-refractivity contribution in [3.8, 4) is 0 Å². The van der Waals surface area contributed by atoms with Gasteiger partial charge in [-0.2, -0.15) is 0 Å². The number of anilines is 1. The number of amides is 2. The van der Waals surface area contributed by atoms with Gasteiger partial charge in [-0.3, -0.25) is 9.59 Å². The third-order valence-electron chi connectivity index (χ3n) is 4.48. The van der Waals surface area contributed by atoms with E-state index in [-0.39, 0.29) is 24.1 Å². The number of carbonyl (C=O) groups excluding carboxylic acids is 2. The quantitative estimate of drug-likeness (QED) is 0.753. The summed E-state index contributed by atoms with van der Waals surface area (Å²) in [5, 5.41) is 5.60. The van der Waals surface area contributed by atoms with Crippen molar-refractivity contribution in [3.05, 3.63) is 29.8 Å². The molecule has 0 spiro atoms. The van der Waals surface area contributed by atoms with E-state index in [1.165, 1.54) is 4.31 Å². The molecule has 1 aromatic carbocycles. The lowest BCUT2D eigenvalue weighted by molar-refractivity contribution is -0.120. The van der Waals surface area contributed by atoms with Crippen molar-refractivity contribution >= 4 is 27.5 Å². The second-order valence-electron chi connectivity index (χ2n) is 6.39. The van der Waals surface area contributed by atoms with Crippen LogP contribution >= 0.6 is 0 Å². The molecule has 8 heteroatoms. The number of para-hydroxylation sites is 1. The SMILES string of the molecule is CCCNC(=O)c1ccccc1NC(=O)[C@@H]1CCCN(S(=O)(=O)CC)C1. The molecule has 1 aromatic rings. The van der Waals surface area contributed by atoms with E-state index in [1.54, 1.807) is 31.2 Å². The number of rotatable bonds is 7. The molecule has 0 unspecified atom stereocenters. The normalized spacial score (nSPS) is 18.3. The summed E-state index contributed by atoms with van der Waals surface area (Å²) in [6.07, 6.45) is 2.10. The zero-order valence-electron chi connectivity index (χ0n) is 15.3. The van der Waals surface area contributed by atoms with Gasteiger partial charge in [0.05, 0.1) is 22.9 Å².